The van der Waals surface area contributed by atoms with Crippen LogP contribution in [-0.2, 0) is 9.59 Å². The number of rotatable bonds is 3. The summed E-state index contributed by atoms with van der Waals surface area (Å²) in [5, 5.41) is 0. The van der Waals surface area contributed by atoms with Crippen LogP contribution in [0.3, 0.4) is 0 Å². The monoisotopic (exact) mass is 427 g/mol. The number of carbonyl (C=O) groups is 3. The van der Waals surface area contributed by atoms with Crippen molar-refractivity contribution in [1.82, 2.24) is 14.7 Å². The fourth-order valence-corrected chi connectivity index (χ4v) is 6.29. The molecule has 0 aromatic heterocycles. The molecule has 0 unspecified atom stereocenters. The van der Waals surface area contributed by atoms with Crippen molar-refractivity contribution in [2.24, 2.45) is 16.7 Å². The van der Waals surface area contributed by atoms with Gasteiger partial charge in [-0.05, 0) is 55.2 Å². The SMILES string of the molecule is COc1cccc(C(=O)N2CCC3(CC2)CC[C@]2(C(=O)N(C)C)CN(C(C)=O)C[C@H]32)c1. The highest BCUT2D eigenvalue weighted by Crippen LogP contribution is 2.62. The fraction of sp³-hybridized carbons (Fsp3) is 0.625. The maximum atomic E-state index is 13.3. The lowest BCUT2D eigenvalue weighted by Gasteiger charge is -2.44. The van der Waals surface area contributed by atoms with E-state index in [0.29, 0.717) is 37.5 Å². The summed E-state index contributed by atoms with van der Waals surface area (Å²) in [6.45, 7) is 4.13. The number of ether oxygens (including phenoxy) is 1. The predicted molar refractivity (Wildman–Crippen MR) is 117 cm³/mol. The summed E-state index contributed by atoms with van der Waals surface area (Å²) >= 11 is 0. The lowest BCUT2D eigenvalue weighted by molar-refractivity contribution is -0.141. The van der Waals surface area contributed by atoms with E-state index in [2.05, 4.69) is 0 Å². The van der Waals surface area contributed by atoms with Crippen LogP contribution in [0.5, 0.6) is 5.75 Å². The number of fused-ring (bicyclic) bond motifs is 2. The summed E-state index contributed by atoms with van der Waals surface area (Å²) < 4.78 is 5.26. The molecule has 2 heterocycles. The molecular formula is C24H33N3O4. The van der Waals surface area contributed by atoms with Gasteiger partial charge in [0.1, 0.15) is 5.75 Å². The Bertz CT molecular complexity index is 891. The van der Waals surface area contributed by atoms with Gasteiger partial charge in [0.2, 0.25) is 11.8 Å². The molecule has 0 N–H and O–H groups in total. The molecule has 168 valence electrons. The van der Waals surface area contributed by atoms with E-state index in [1.54, 1.807) is 25.0 Å². The van der Waals surface area contributed by atoms with Crippen LogP contribution in [0.2, 0.25) is 0 Å². The molecular weight excluding hydrogens is 394 g/mol. The molecule has 2 atom stereocenters. The van der Waals surface area contributed by atoms with Gasteiger partial charge in [-0.1, -0.05) is 6.07 Å². The first-order valence-corrected chi connectivity index (χ1v) is 11.1. The van der Waals surface area contributed by atoms with E-state index >= 15 is 0 Å². The van der Waals surface area contributed by atoms with Crippen LogP contribution in [0, 0.1) is 16.7 Å². The number of piperidine rings is 1. The van der Waals surface area contributed by atoms with Gasteiger partial charge in [-0.15, -0.1) is 0 Å². The van der Waals surface area contributed by atoms with Gasteiger partial charge in [0.25, 0.3) is 5.91 Å². The first kappa shape index (κ1) is 21.7. The summed E-state index contributed by atoms with van der Waals surface area (Å²) in [4.78, 5) is 44.0. The fourth-order valence-electron chi connectivity index (χ4n) is 6.29. The predicted octanol–water partition coefficient (Wildman–Crippen LogP) is 2.26. The second kappa shape index (κ2) is 7.84. The summed E-state index contributed by atoms with van der Waals surface area (Å²) in [7, 11) is 5.22. The molecule has 7 heteroatoms. The van der Waals surface area contributed by atoms with Gasteiger partial charge in [-0.2, -0.15) is 0 Å². The van der Waals surface area contributed by atoms with E-state index in [-0.39, 0.29) is 29.1 Å². The molecule has 1 aromatic rings. The van der Waals surface area contributed by atoms with Gasteiger partial charge in [-0.25, -0.2) is 0 Å². The minimum absolute atomic E-state index is 0.0149. The molecule has 3 aliphatic rings. The number of likely N-dealkylation sites (tertiary alicyclic amines) is 2. The van der Waals surface area contributed by atoms with Crippen LogP contribution in [0.15, 0.2) is 24.3 Å². The average Bonchev–Trinajstić information content (AvgIpc) is 3.31. The highest BCUT2D eigenvalue weighted by molar-refractivity contribution is 5.94. The molecule has 3 amide bonds. The molecule has 0 bridgehead atoms. The van der Waals surface area contributed by atoms with Crippen LogP contribution in [0.25, 0.3) is 0 Å². The normalized spacial score (nSPS) is 26.6. The Kier molecular flexibility index (Phi) is 5.48. The van der Waals surface area contributed by atoms with E-state index < -0.39 is 5.41 Å². The molecule has 1 spiro atoms. The van der Waals surface area contributed by atoms with Gasteiger partial charge in [-0.3, -0.25) is 14.4 Å². The molecule has 1 aromatic carbocycles. The topological polar surface area (TPSA) is 70.2 Å². The standard InChI is InChI=1S/C24H33N3O4/c1-17(28)27-15-20-23(8-9-24(20,16-27)22(30)25(2)3)10-12-26(13-11-23)21(29)18-6-5-7-19(14-18)31-4/h5-7,14,20H,8-13,15-16H2,1-4H3/t20-,24+/m1/s1. The number of hydrogen-bond donors (Lipinski definition) is 0. The zero-order chi connectivity index (χ0) is 22.4. The summed E-state index contributed by atoms with van der Waals surface area (Å²) in [5.41, 5.74) is 0.178. The van der Waals surface area contributed by atoms with Crippen LogP contribution >= 0.6 is 0 Å². The molecule has 2 saturated heterocycles. The molecule has 0 radical (unpaired) electrons. The molecule has 1 saturated carbocycles. The van der Waals surface area contributed by atoms with Gasteiger partial charge in [0.05, 0.1) is 12.5 Å². The first-order chi connectivity index (χ1) is 14.7. The number of methoxy groups -OCH3 is 1. The first-order valence-electron chi connectivity index (χ1n) is 11.1. The van der Waals surface area contributed by atoms with Crippen molar-refractivity contribution in [3.05, 3.63) is 29.8 Å². The van der Waals surface area contributed by atoms with Crippen molar-refractivity contribution in [2.75, 3.05) is 47.4 Å². The number of nitrogens with zero attached hydrogens (tertiary/aromatic N) is 3. The van der Waals surface area contributed by atoms with Crippen LogP contribution in [0.4, 0.5) is 0 Å². The van der Waals surface area contributed by atoms with E-state index in [0.717, 1.165) is 25.7 Å². The molecule has 1 aliphatic carbocycles. The Hall–Kier alpha value is -2.57. The zero-order valence-corrected chi connectivity index (χ0v) is 19.0. The smallest absolute Gasteiger partial charge is 0.253 e. The van der Waals surface area contributed by atoms with Crippen molar-refractivity contribution < 1.29 is 19.1 Å². The van der Waals surface area contributed by atoms with E-state index in [9.17, 15) is 14.4 Å². The van der Waals surface area contributed by atoms with Crippen molar-refractivity contribution in [2.45, 2.75) is 32.6 Å². The van der Waals surface area contributed by atoms with Gasteiger partial charge >= 0.3 is 0 Å². The highest BCUT2D eigenvalue weighted by atomic mass is 16.5. The largest absolute Gasteiger partial charge is 0.497 e. The third-order valence-electron chi connectivity index (χ3n) is 7.99. The molecule has 4 rings (SSSR count). The Morgan fingerprint density at radius 3 is 2.39 bits per heavy atom. The number of amides is 3. The summed E-state index contributed by atoms with van der Waals surface area (Å²) in [6.07, 6.45) is 3.57. The van der Waals surface area contributed by atoms with Crippen LogP contribution in [0.1, 0.15) is 43.0 Å². The number of carbonyl (C=O) groups excluding carboxylic acids is 3. The zero-order valence-electron chi connectivity index (χ0n) is 19.0. The second-order valence-electron chi connectivity index (χ2n) is 9.69. The Labute approximate surface area is 184 Å². The maximum Gasteiger partial charge on any atom is 0.253 e. The minimum atomic E-state index is -0.478. The lowest BCUT2D eigenvalue weighted by atomic mass is 9.65. The maximum absolute atomic E-state index is 13.3. The summed E-state index contributed by atoms with van der Waals surface area (Å²) in [6, 6.07) is 7.28. The average molecular weight is 428 g/mol. The Balaban J connectivity index is 1.53. The molecule has 2 aliphatic heterocycles. The molecule has 3 fully saturated rings. The molecule has 7 nitrogen and oxygen atoms in total. The van der Waals surface area contributed by atoms with Crippen molar-refractivity contribution in [3.8, 4) is 5.75 Å². The second-order valence-corrected chi connectivity index (χ2v) is 9.69. The minimum Gasteiger partial charge on any atom is -0.497 e. The third-order valence-corrected chi connectivity index (χ3v) is 7.99. The van der Waals surface area contributed by atoms with E-state index in [1.165, 1.54) is 0 Å². The quantitative estimate of drug-likeness (QED) is 0.742. The van der Waals surface area contributed by atoms with E-state index in [4.69, 9.17) is 4.74 Å². The Morgan fingerprint density at radius 2 is 1.77 bits per heavy atom. The van der Waals surface area contributed by atoms with Gasteiger partial charge in [0.15, 0.2) is 0 Å². The third kappa shape index (κ3) is 3.48. The van der Waals surface area contributed by atoms with E-state index in [1.807, 2.05) is 42.1 Å². The van der Waals surface area contributed by atoms with Crippen molar-refractivity contribution >= 4 is 17.7 Å². The van der Waals surface area contributed by atoms with Crippen LogP contribution < -0.4 is 4.74 Å². The van der Waals surface area contributed by atoms with Crippen molar-refractivity contribution in [1.29, 1.82) is 0 Å². The van der Waals surface area contributed by atoms with Gasteiger partial charge < -0.3 is 19.4 Å². The summed E-state index contributed by atoms with van der Waals surface area (Å²) in [5.74, 6) is 1.05. The highest BCUT2D eigenvalue weighted by Gasteiger charge is 2.65. The number of hydrogen-bond acceptors (Lipinski definition) is 4. The lowest BCUT2D eigenvalue weighted by Crippen LogP contribution is -2.49. The van der Waals surface area contributed by atoms with Crippen molar-refractivity contribution in [3.63, 3.8) is 0 Å². The van der Waals surface area contributed by atoms with Gasteiger partial charge in [0, 0.05) is 52.8 Å². The number of benzene rings is 1. The Morgan fingerprint density at radius 1 is 1.06 bits per heavy atom. The molecule has 31 heavy (non-hydrogen) atoms. The van der Waals surface area contributed by atoms with Crippen LogP contribution in [-0.4, -0.2) is 79.8 Å².